The van der Waals surface area contributed by atoms with Crippen molar-refractivity contribution in [1.82, 2.24) is 10.2 Å². The fourth-order valence-corrected chi connectivity index (χ4v) is 2.79. The van der Waals surface area contributed by atoms with Crippen molar-refractivity contribution >= 4 is 11.6 Å². The topological polar surface area (TPSA) is 53.6 Å². The lowest BCUT2D eigenvalue weighted by Gasteiger charge is -2.26. The largest absolute Gasteiger partial charge is 0.379 e. The Balaban J connectivity index is 1.76. The quantitative estimate of drug-likeness (QED) is 0.755. The van der Waals surface area contributed by atoms with Crippen LogP contribution in [0.3, 0.4) is 0 Å². The van der Waals surface area contributed by atoms with Gasteiger partial charge < -0.3 is 15.4 Å². The molecule has 1 fully saturated rings. The molecule has 1 heterocycles. The van der Waals surface area contributed by atoms with Gasteiger partial charge in [-0.15, -0.1) is 0 Å². The maximum Gasteiger partial charge on any atom is 0.238 e. The molecule has 1 aliphatic rings. The summed E-state index contributed by atoms with van der Waals surface area (Å²) in [4.78, 5) is 14.5. The van der Waals surface area contributed by atoms with E-state index >= 15 is 0 Å². The molecular weight excluding hydrogens is 290 g/mol. The van der Waals surface area contributed by atoms with Crippen molar-refractivity contribution in [3.63, 3.8) is 0 Å². The Kier molecular flexibility index (Phi) is 7.02. The van der Waals surface area contributed by atoms with E-state index in [1.165, 1.54) is 5.56 Å². The lowest BCUT2D eigenvalue weighted by Crippen LogP contribution is -2.41. The molecular formula is C18H29N3O2. The van der Waals surface area contributed by atoms with Gasteiger partial charge in [-0.2, -0.15) is 0 Å². The molecule has 0 bridgehead atoms. The van der Waals surface area contributed by atoms with Crippen molar-refractivity contribution in [1.29, 1.82) is 0 Å². The van der Waals surface area contributed by atoms with E-state index in [9.17, 15) is 4.79 Å². The standard InChI is InChI=1S/C18H29N3O2/c1-14(2)16-6-4-5-15(3)18(16)20-17(22)13-19-7-8-21-9-11-23-12-10-21/h4-6,14,19H,7-13H2,1-3H3,(H,20,22). The van der Waals surface area contributed by atoms with Crippen LogP contribution in [0.2, 0.25) is 0 Å². The summed E-state index contributed by atoms with van der Waals surface area (Å²) >= 11 is 0. The third-order valence-corrected chi connectivity index (χ3v) is 4.19. The van der Waals surface area contributed by atoms with Crippen molar-refractivity contribution < 1.29 is 9.53 Å². The van der Waals surface area contributed by atoms with Crippen LogP contribution in [0.5, 0.6) is 0 Å². The Labute approximate surface area is 139 Å². The smallest absolute Gasteiger partial charge is 0.238 e. The third-order valence-electron chi connectivity index (χ3n) is 4.19. The normalized spacial score (nSPS) is 15.8. The molecule has 0 aliphatic carbocycles. The van der Waals surface area contributed by atoms with Gasteiger partial charge in [0.05, 0.1) is 19.8 Å². The molecule has 2 N–H and O–H groups in total. The first-order chi connectivity index (χ1) is 11.1. The van der Waals surface area contributed by atoms with E-state index in [4.69, 9.17) is 4.74 Å². The number of ether oxygens (including phenoxy) is 1. The molecule has 0 spiro atoms. The molecule has 0 aromatic heterocycles. The van der Waals surface area contributed by atoms with Gasteiger partial charge in [0, 0.05) is 31.9 Å². The number of hydrogen-bond acceptors (Lipinski definition) is 4. The van der Waals surface area contributed by atoms with Crippen LogP contribution >= 0.6 is 0 Å². The number of carbonyl (C=O) groups excluding carboxylic acids is 1. The number of anilines is 1. The number of carbonyl (C=O) groups is 1. The maximum atomic E-state index is 12.2. The van der Waals surface area contributed by atoms with Gasteiger partial charge in [0.25, 0.3) is 0 Å². The number of hydrogen-bond donors (Lipinski definition) is 2. The predicted molar refractivity (Wildman–Crippen MR) is 94.0 cm³/mol. The Bertz CT molecular complexity index is 511. The highest BCUT2D eigenvalue weighted by Gasteiger charge is 2.12. The van der Waals surface area contributed by atoms with Crippen LogP contribution in [-0.2, 0) is 9.53 Å². The fourth-order valence-electron chi connectivity index (χ4n) is 2.79. The van der Waals surface area contributed by atoms with Gasteiger partial charge >= 0.3 is 0 Å². The molecule has 23 heavy (non-hydrogen) atoms. The highest BCUT2D eigenvalue weighted by Crippen LogP contribution is 2.27. The second kappa shape index (κ2) is 9.01. The molecule has 1 saturated heterocycles. The van der Waals surface area contributed by atoms with Crippen molar-refractivity contribution in [2.24, 2.45) is 0 Å². The Morgan fingerprint density at radius 3 is 2.74 bits per heavy atom. The van der Waals surface area contributed by atoms with Gasteiger partial charge in [0.2, 0.25) is 5.91 Å². The number of amides is 1. The Morgan fingerprint density at radius 2 is 2.04 bits per heavy atom. The first-order valence-corrected chi connectivity index (χ1v) is 8.48. The number of nitrogens with zero attached hydrogens (tertiary/aromatic N) is 1. The molecule has 1 aromatic carbocycles. The number of para-hydroxylation sites is 1. The van der Waals surface area contributed by atoms with Crippen LogP contribution < -0.4 is 10.6 Å². The molecule has 128 valence electrons. The molecule has 5 nitrogen and oxygen atoms in total. The second-order valence-corrected chi connectivity index (χ2v) is 6.37. The molecule has 5 heteroatoms. The van der Waals surface area contributed by atoms with Crippen LogP contribution in [0, 0.1) is 6.92 Å². The van der Waals surface area contributed by atoms with Crippen molar-refractivity contribution in [3.8, 4) is 0 Å². The molecule has 1 amide bonds. The lowest BCUT2D eigenvalue weighted by atomic mass is 9.98. The van der Waals surface area contributed by atoms with Crippen LogP contribution in [0.4, 0.5) is 5.69 Å². The summed E-state index contributed by atoms with van der Waals surface area (Å²) in [6.07, 6.45) is 0. The molecule has 2 rings (SSSR count). The van der Waals surface area contributed by atoms with E-state index in [2.05, 4.69) is 35.4 Å². The average molecular weight is 319 g/mol. The Hall–Kier alpha value is -1.43. The average Bonchev–Trinajstić information content (AvgIpc) is 2.54. The summed E-state index contributed by atoms with van der Waals surface area (Å²) in [5, 5.41) is 6.29. The van der Waals surface area contributed by atoms with E-state index in [1.54, 1.807) is 0 Å². The number of morpholine rings is 1. The van der Waals surface area contributed by atoms with Gasteiger partial charge in [0.1, 0.15) is 0 Å². The van der Waals surface area contributed by atoms with Crippen LogP contribution in [-0.4, -0.2) is 56.7 Å². The highest BCUT2D eigenvalue weighted by molar-refractivity contribution is 5.93. The predicted octanol–water partition coefficient (Wildman–Crippen LogP) is 1.98. The molecule has 1 aliphatic heterocycles. The maximum absolute atomic E-state index is 12.2. The SMILES string of the molecule is Cc1cccc(C(C)C)c1NC(=O)CNCCN1CCOCC1. The number of aryl methyl sites for hydroxylation is 1. The zero-order valence-electron chi connectivity index (χ0n) is 14.5. The summed E-state index contributed by atoms with van der Waals surface area (Å²) in [7, 11) is 0. The molecule has 0 unspecified atom stereocenters. The molecule has 0 atom stereocenters. The van der Waals surface area contributed by atoms with Gasteiger partial charge in [-0.05, 0) is 24.0 Å². The zero-order chi connectivity index (χ0) is 16.7. The summed E-state index contributed by atoms with van der Waals surface area (Å²) in [5.74, 6) is 0.405. The van der Waals surface area contributed by atoms with Crippen molar-refractivity contribution in [2.75, 3.05) is 51.3 Å². The van der Waals surface area contributed by atoms with Crippen LogP contribution in [0.25, 0.3) is 0 Å². The first kappa shape index (κ1) is 17.9. The summed E-state index contributed by atoms with van der Waals surface area (Å²) in [6.45, 7) is 12.0. The third kappa shape index (κ3) is 5.61. The first-order valence-electron chi connectivity index (χ1n) is 8.48. The molecule has 1 aromatic rings. The summed E-state index contributed by atoms with van der Waals surface area (Å²) in [6, 6.07) is 6.16. The summed E-state index contributed by atoms with van der Waals surface area (Å²) in [5.41, 5.74) is 3.26. The van der Waals surface area contributed by atoms with E-state index in [1.807, 2.05) is 19.1 Å². The fraction of sp³-hybridized carbons (Fsp3) is 0.611. The minimum atomic E-state index is 0.0168. The monoisotopic (exact) mass is 319 g/mol. The minimum absolute atomic E-state index is 0.0168. The van der Waals surface area contributed by atoms with E-state index in [-0.39, 0.29) is 5.91 Å². The van der Waals surface area contributed by atoms with Crippen molar-refractivity contribution in [3.05, 3.63) is 29.3 Å². The van der Waals surface area contributed by atoms with Crippen molar-refractivity contribution in [2.45, 2.75) is 26.7 Å². The van der Waals surface area contributed by atoms with E-state index in [0.717, 1.165) is 50.6 Å². The van der Waals surface area contributed by atoms with E-state index < -0.39 is 0 Å². The number of nitrogens with one attached hydrogen (secondary N) is 2. The highest BCUT2D eigenvalue weighted by atomic mass is 16.5. The van der Waals surface area contributed by atoms with Gasteiger partial charge in [-0.25, -0.2) is 0 Å². The van der Waals surface area contributed by atoms with Gasteiger partial charge in [-0.3, -0.25) is 9.69 Å². The second-order valence-electron chi connectivity index (χ2n) is 6.37. The number of rotatable bonds is 7. The van der Waals surface area contributed by atoms with Crippen LogP contribution in [0.1, 0.15) is 30.9 Å². The Morgan fingerprint density at radius 1 is 1.30 bits per heavy atom. The lowest BCUT2D eigenvalue weighted by molar-refractivity contribution is -0.115. The van der Waals surface area contributed by atoms with E-state index in [0.29, 0.717) is 12.5 Å². The number of benzene rings is 1. The van der Waals surface area contributed by atoms with Gasteiger partial charge in [0.15, 0.2) is 0 Å². The zero-order valence-corrected chi connectivity index (χ0v) is 14.5. The minimum Gasteiger partial charge on any atom is -0.379 e. The van der Waals surface area contributed by atoms with Gasteiger partial charge in [-0.1, -0.05) is 32.0 Å². The van der Waals surface area contributed by atoms with Crippen LogP contribution in [0.15, 0.2) is 18.2 Å². The molecule has 0 saturated carbocycles. The summed E-state index contributed by atoms with van der Waals surface area (Å²) < 4.78 is 5.33. The molecule has 0 radical (unpaired) electrons.